The van der Waals surface area contributed by atoms with Gasteiger partial charge in [-0.3, -0.25) is 0 Å². The first kappa shape index (κ1) is 24.5. The van der Waals surface area contributed by atoms with E-state index in [0.29, 0.717) is 21.7 Å². The van der Waals surface area contributed by atoms with Crippen LogP contribution in [0.5, 0.6) is 0 Å². The first-order valence-corrected chi connectivity index (χ1v) is 9.73. The van der Waals surface area contributed by atoms with Crippen LogP contribution in [0.2, 0.25) is 5.02 Å². The minimum atomic E-state index is -6.37. The molecule has 0 amide bonds. The number of aromatic nitrogens is 2. The Hall–Kier alpha value is -2.18. The molecule has 172 valence electrons. The van der Waals surface area contributed by atoms with Crippen LogP contribution >= 0.6 is 27.5 Å². The van der Waals surface area contributed by atoms with Gasteiger partial charge in [-0.1, -0.05) is 17.7 Å². The largest absolute Gasteiger partial charge is 0.435 e. The average Bonchev–Trinajstić information content (AvgIpc) is 3.14. The van der Waals surface area contributed by atoms with Crippen molar-refractivity contribution in [1.82, 2.24) is 9.78 Å². The third-order valence-corrected chi connectivity index (χ3v) is 5.58. The summed E-state index contributed by atoms with van der Waals surface area (Å²) in [6, 6.07) is 4.88. The minimum absolute atomic E-state index is 0.131. The molecule has 1 aromatic heterocycles. The maximum Gasteiger partial charge on any atom is 0.435 e. The first-order chi connectivity index (χ1) is 14.7. The molecular formula is C19H11BrClF8N3. The monoisotopic (exact) mass is 547 g/mol. The van der Waals surface area contributed by atoms with Crippen LogP contribution in [-0.2, 0) is 12.2 Å². The second kappa shape index (κ2) is 8.31. The number of alkyl halides is 7. The molecule has 0 radical (unpaired) electrons. The number of hydrogen-bond donors (Lipinski definition) is 1. The lowest BCUT2D eigenvalue weighted by Gasteiger charge is -2.30. The highest BCUT2D eigenvalue weighted by Crippen LogP contribution is 2.54. The van der Waals surface area contributed by atoms with E-state index in [1.54, 1.807) is 18.2 Å². The Morgan fingerprint density at radius 2 is 1.59 bits per heavy atom. The number of rotatable bonds is 4. The Labute approximate surface area is 188 Å². The standard InChI is InChI=1S/C19H11BrClF8N3/c20-13-4-12(17(23,18(24,25)26)19(27,28)29)5-15(22)16(13)32-8-11(7-31-32)9-1-2-14(21)10(3-9)6-30/h1-5,7-8H,6,30H2. The summed E-state index contributed by atoms with van der Waals surface area (Å²) >= 11 is 8.72. The average molecular weight is 549 g/mol. The van der Waals surface area contributed by atoms with Crippen LogP contribution in [0.4, 0.5) is 35.1 Å². The quantitative estimate of drug-likeness (QED) is 0.363. The molecule has 0 bridgehead atoms. The van der Waals surface area contributed by atoms with E-state index < -0.39 is 39.6 Å². The third kappa shape index (κ3) is 4.11. The van der Waals surface area contributed by atoms with Crippen molar-refractivity contribution in [2.45, 2.75) is 24.6 Å². The second-order valence-corrected chi connectivity index (χ2v) is 7.89. The maximum atomic E-state index is 14.7. The zero-order valence-electron chi connectivity index (χ0n) is 15.5. The van der Waals surface area contributed by atoms with Gasteiger partial charge in [0.2, 0.25) is 0 Å². The Balaban J connectivity index is 2.09. The van der Waals surface area contributed by atoms with E-state index >= 15 is 0 Å². The van der Waals surface area contributed by atoms with Crippen LogP contribution in [0.25, 0.3) is 16.8 Å². The van der Waals surface area contributed by atoms with Crippen molar-refractivity contribution in [3.63, 3.8) is 0 Å². The second-order valence-electron chi connectivity index (χ2n) is 6.63. The fraction of sp³-hybridized carbons (Fsp3) is 0.211. The maximum absolute atomic E-state index is 14.7. The van der Waals surface area contributed by atoms with E-state index in [1.807, 2.05) is 0 Å². The molecule has 3 aromatic rings. The van der Waals surface area contributed by atoms with Gasteiger partial charge in [-0.15, -0.1) is 0 Å². The summed E-state index contributed by atoms with van der Waals surface area (Å²) in [5.74, 6) is -1.56. The number of hydrogen-bond acceptors (Lipinski definition) is 2. The van der Waals surface area contributed by atoms with Crippen molar-refractivity contribution in [3.8, 4) is 16.8 Å². The topological polar surface area (TPSA) is 43.8 Å². The predicted molar refractivity (Wildman–Crippen MR) is 104 cm³/mol. The molecule has 0 spiro atoms. The van der Waals surface area contributed by atoms with Gasteiger partial charge in [-0.05, 0) is 51.3 Å². The summed E-state index contributed by atoms with van der Waals surface area (Å²) in [6.07, 6.45) is -10.2. The lowest BCUT2D eigenvalue weighted by atomic mass is 9.94. The van der Waals surface area contributed by atoms with Gasteiger partial charge in [-0.25, -0.2) is 13.5 Å². The summed E-state index contributed by atoms with van der Waals surface area (Å²) < 4.78 is 107. The molecule has 0 aliphatic carbocycles. The van der Waals surface area contributed by atoms with Crippen molar-refractivity contribution >= 4 is 27.5 Å². The molecule has 13 heteroatoms. The molecule has 0 atom stereocenters. The van der Waals surface area contributed by atoms with Crippen molar-refractivity contribution in [2.24, 2.45) is 5.73 Å². The van der Waals surface area contributed by atoms with Crippen LogP contribution in [0, 0.1) is 5.82 Å². The summed E-state index contributed by atoms with van der Waals surface area (Å²) in [6.45, 7) is 0.131. The predicted octanol–water partition coefficient (Wildman–Crippen LogP) is 6.84. The lowest BCUT2D eigenvalue weighted by Crippen LogP contribution is -2.50. The molecule has 0 aliphatic heterocycles. The van der Waals surface area contributed by atoms with E-state index in [4.69, 9.17) is 17.3 Å². The van der Waals surface area contributed by atoms with Gasteiger partial charge >= 0.3 is 18.0 Å². The first-order valence-electron chi connectivity index (χ1n) is 8.56. The number of benzene rings is 2. The van der Waals surface area contributed by atoms with E-state index in [1.165, 1.54) is 12.4 Å². The molecule has 1 heterocycles. The highest BCUT2D eigenvalue weighted by molar-refractivity contribution is 9.10. The summed E-state index contributed by atoms with van der Waals surface area (Å²) in [5.41, 5.74) is -1.04. The van der Waals surface area contributed by atoms with E-state index in [2.05, 4.69) is 21.0 Å². The van der Waals surface area contributed by atoms with Crippen molar-refractivity contribution in [2.75, 3.05) is 0 Å². The SMILES string of the molecule is NCc1cc(-c2cnn(-c3c(F)cc(C(F)(C(F)(F)F)C(F)(F)F)cc3Br)c2)ccc1Cl. The van der Waals surface area contributed by atoms with E-state index in [0.717, 1.165) is 4.68 Å². The Morgan fingerprint density at radius 3 is 2.12 bits per heavy atom. The molecule has 2 N–H and O–H groups in total. The lowest BCUT2D eigenvalue weighted by molar-refractivity contribution is -0.348. The van der Waals surface area contributed by atoms with Crippen LogP contribution in [0.15, 0.2) is 47.2 Å². The Morgan fingerprint density at radius 1 is 0.969 bits per heavy atom. The van der Waals surface area contributed by atoms with Crippen molar-refractivity contribution in [1.29, 1.82) is 0 Å². The van der Waals surface area contributed by atoms with Gasteiger partial charge in [0, 0.05) is 33.4 Å². The molecule has 32 heavy (non-hydrogen) atoms. The third-order valence-electron chi connectivity index (χ3n) is 4.61. The highest BCUT2D eigenvalue weighted by Gasteiger charge is 2.73. The zero-order valence-corrected chi connectivity index (χ0v) is 17.8. The molecule has 0 aliphatic rings. The van der Waals surface area contributed by atoms with Crippen LogP contribution in [-0.4, -0.2) is 22.1 Å². The van der Waals surface area contributed by atoms with E-state index in [9.17, 15) is 35.1 Å². The molecule has 3 nitrogen and oxygen atoms in total. The number of halogens is 10. The Bertz CT molecular complexity index is 1120. The van der Waals surface area contributed by atoms with Gasteiger partial charge in [0.05, 0.1) is 6.20 Å². The Kier molecular flexibility index (Phi) is 6.35. The fourth-order valence-electron chi connectivity index (χ4n) is 2.98. The summed E-state index contributed by atoms with van der Waals surface area (Å²) in [5, 5.41) is 4.31. The summed E-state index contributed by atoms with van der Waals surface area (Å²) in [7, 11) is 0. The normalized spacial score (nSPS) is 13.0. The van der Waals surface area contributed by atoms with Gasteiger partial charge in [0.25, 0.3) is 0 Å². The van der Waals surface area contributed by atoms with Gasteiger partial charge in [0.15, 0.2) is 0 Å². The zero-order chi connectivity index (χ0) is 24.1. The highest BCUT2D eigenvalue weighted by atomic mass is 79.9. The van der Waals surface area contributed by atoms with Crippen molar-refractivity contribution < 1.29 is 35.1 Å². The number of nitrogens with two attached hydrogens (primary N) is 1. The van der Waals surface area contributed by atoms with Crippen LogP contribution < -0.4 is 5.73 Å². The van der Waals surface area contributed by atoms with Crippen LogP contribution in [0.3, 0.4) is 0 Å². The van der Waals surface area contributed by atoms with Crippen molar-refractivity contribution in [3.05, 3.63) is 69.2 Å². The fourth-order valence-corrected chi connectivity index (χ4v) is 3.79. The number of nitrogens with zero attached hydrogens (tertiary/aromatic N) is 2. The summed E-state index contributed by atoms with van der Waals surface area (Å²) in [4.78, 5) is 0. The molecule has 0 fully saturated rings. The molecule has 0 saturated carbocycles. The van der Waals surface area contributed by atoms with Gasteiger partial charge in [0.1, 0.15) is 11.5 Å². The smallest absolute Gasteiger partial charge is 0.326 e. The molecule has 0 saturated heterocycles. The minimum Gasteiger partial charge on any atom is -0.326 e. The molecular weight excluding hydrogens is 538 g/mol. The van der Waals surface area contributed by atoms with Crippen LogP contribution in [0.1, 0.15) is 11.1 Å². The molecule has 0 unspecified atom stereocenters. The van der Waals surface area contributed by atoms with E-state index in [-0.39, 0.29) is 18.7 Å². The molecule has 3 rings (SSSR count). The van der Waals surface area contributed by atoms with Gasteiger partial charge < -0.3 is 5.73 Å². The van der Waals surface area contributed by atoms with Gasteiger partial charge in [-0.2, -0.15) is 31.4 Å². The molecule has 2 aromatic carbocycles.